The standard InChI is InChI=1S/C56H87NO8/c1-3-5-7-9-11-12-13-14-15-16-17-18-19-20-21-22-23-24-25-26-27-28-29-30-31-32-33-34-35-36-37-38-40-42-44-46-52(60)57-49(50(59)45-43-41-39-10-8-6-4-2)48-64-56-55(63)54(62)53(61)51(47-58)65-56/h5,7-8,10-12,14-15,17-18,20-21,23-24,26-27,29-30,32-33,35-36,43,45,49-51,53-56,58-59,61-63H,3-4,6,9,13,16,19,22,25,28,31,34,37-42,44,46-48H2,1-2H3,(H,57,60)/b7-5-,10-8+,12-11-,15-14-,18-17-,21-20-,24-23-,27-26-,30-29-,33-32-,36-35-,45-43+. The summed E-state index contributed by atoms with van der Waals surface area (Å²) < 4.78 is 11.1. The Bertz CT molecular complexity index is 1510. The zero-order chi connectivity index (χ0) is 47.3. The zero-order valence-corrected chi connectivity index (χ0v) is 39.9. The van der Waals surface area contributed by atoms with Crippen LogP contribution < -0.4 is 5.32 Å². The largest absolute Gasteiger partial charge is 0.394 e. The fourth-order valence-electron chi connectivity index (χ4n) is 6.50. The maximum Gasteiger partial charge on any atom is 0.220 e. The first kappa shape index (κ1) is 59.1. The van der Waals surface area contributed by atoms with Crippen molar-refractivity contribution in [1.29, 1.82) is 0 Å². The molecular formula is C56H87NO8. The molecule has 6 N–H and O–H groups in total. The molecule has 1 heterocycles. The fourth-order valence-corrected chi connectivity index (χ4v) is 6.50. The van der Waals surface area contributed by atoms with Gasteiger partial charge in [0.25, 0.3) is 0 Å². The summed E-state index contributed by atoms with van der Waals surface area (Å²) in [6.45, 7) is 3.47. The second-order valence-corrected chi connectivity index (χ2v) is 16.2. The Morgan fingerprint density at radius 1 is 0.538 bits per heavy atom. The van der Waals surface area contributed by atoms with Crippen LogP contribution in [-0.4, -0.2) is 87.5 Å². The molecule has 7 atom stereocenters. The highest BCUT2D eigenvalue weighted by Crippen LogP contribution is 2.22. The first-order valence-electron chi connectivity index (χ1n) is 24.6. The Balaban J connectivity index is 2.20. The molecule has 0 saturated carbocycles. The third-order valence-corrected chi connectivity index (χ3v) is 10.4. The molecule has 9 heteroatoms. The Labute approximate surface area is 393 Å². The molecule has 7 unspecified atom stereocenters. The molecule has 0 aliphatic carbocycles. The SMILES string of the molecule is CC/C=C\C/C=C\C/C=C\C/C=C\C/C=C\C/C=C\C/C=C\C/C=C\C/C=C\C/C=C\CCCCCCC(=O)NC(COC1OC(CO)C(O)C(O)C1O)C(O)/C=C/CC/C=C/CCC. The number of allylic oxidation sites excluding steroid dienone is 23. The molecule has 1 amide bonds. The van der Waals surface area contributed by atoms with E-state index in [0.29, 0.717) is 12.8 Å². The highest BCUT2D eigenvalue weighted by atomic mass is 16.7. The van der Waals surface area contributed by atoms with Crippen molar-refractivity contribution in [3.05, 3.63) is 146 Å². The van der Waals surface area contributed by atoms with Crippen molar-refractivity contribution in [3.63, 3.8) is 0 Å². The monoisotopic (exact) mass is 902 g/mol. The third kappa shape index (κ3) is 34.1. The van der Waals surface area contributed by atoms with Gasteiger partial charge in [-0.3, -0.25) is 4.79 Å². The van der Waals surface area contributed by atoms with Gasteiger partial charge in [-0.05, 0) is 103 Å². The summed E-state index contributed by atoms with van der Waals surface area (Å²) in [6, 6.07) is -0.843. The van der Waals surface area contributed by atoms with E-state index in [-0.39, 0.29) is 12.5 Å². The minimum atomic E-state index is -1.58. The molecule has 0 aromatic heterocycles. The summed E-state index contributed by atoms with van der Waals surface area (Å²) in [5, 5.41) is 53.8. The van der Waals surface area contributed by atoms with Crippen molar-refractivity contribution in [2.24, 2.45) is 0 Å². The molecule has 0 bridgehead atoms. The molecule has 1 saturated heterocycles. The van der Waals surface area contributed by atoms with Crippen LogP contribution in [-0.2, 0) is 14.3 Å². The van der Waals surface area contributed by atoms with E-state index in [1.54, 1.807) is 6.08 Å². The number of nitrogens with one attached hydrogen (secondary N) is 1. The fraction of sp³-hybridized carbons (Fsp3) is 0.554. The number of carbonyl (C=O) groups is 1. The Morgan fingerprint density at radius 3 is 1.45 bits per heavy atom. The molecule has 0 aromatic carbocycles. The molecule has 364 valence electrons. The van der Waals surface area contributed by atoms with Gasteiger partial charge in [-0.2, -0.15) is 0 Å². The maximum atomic E-state index is 12.9. The van der Waals surface area contributed by atoms with Crippen molar-refractivity contribution < 1.29 is 39.8 Å². The summed E-state index contributed by atoms with van der Waals surface area (Å²) >= 11 is 0. The first-order valence-corrected chi connectivity index (χ1v) is 24.6. The van der Waals surface area contributed by atoms with Crippen LogP contribution in [0.5, 0.6) is 0 Å². The van der Waals surface area contributed by atoms with E-state index in [9.17, 15) is 30.3 Å². The van der Waals surface area contributed by atoms with E-state index < -0.39 is 49.5 Å². The summed E-state index contributed by atoms with van der Waals surface area (Å²) in [4.78, 5) is 12.9. The minimum Gasteiger partial charge on any atom is -0.394 e. The van der Waals surface area contributed by atoms with Gasteiger partial charge in [0.15, 0.2) is 6.29 Å². The molecular weight excluding hydrogens is 815 g/mol. The number of carbonyl (C=O) groups excluding carboxylic acids is 1. The van der Waals surface area contributed by atoms with Gasteiger partial charge >= 0.3 is 0 Å². The number of hydrogen-bond acceptors (Lipinski definition) is 8. The number of aliphatic hydroxyl groups is 5. The smallest absolute Gasteiger partial charge is 0.220 e. The van der Waals surface area contributed by atoms with E-state index in [1.807, 2.05) is 6.08 Å². The lowest BCUT2D eigenvalue weighted by Gasteiger charge is -2.40. The van der Waals surface area contributed by atoms with Crippen LogP contribution in [0.15, 0.2) is 146 Å². The molecule has 0 radical (unpaired) electrons. The van der Waals surface area contributed by atoms with E-state index in [1.165, 1.54) is 0 Å². The quantitative estimate of drug-likeness (QED) is 0.0265. The van der Waals surface area contributed by atoms with Crippen LogP contribution >= 0.6 is 0 Å². The van der Waals surface area contributed by atoms with Gasteiger partial charge in [-0.1, -0.05) is 179 Å². The third-order valence-electron chi connectivity index (χ3n) is 10.4. The number of unbranched alkanes of at least 4 members (excludes halogenated alkanes) is 6. The summed E-state index contributed by atoms with van der Waals surface area (Å²) in [6.07, 6.45) is 62.2. The predicted molar refractivity (Wildman–Crippen MR) is 271 cm³/mol. The van der Waals surface area contributed by atoms with Crippen LogP contribution in [0.3, 0.4) is 0 Å². The molecule has 9 nitrogen and oxygen atoms in total. The molecule has 1 aliphatic heterocycles. The van der Waals surface area contributed by atoms with Crippen LogP contribution in [0.4, 0.5) is 0 Å². The lowest BCUT2D eigenvalue weighted by Crippen LogP contribution is -2.60. The number of aliphatic hydroxyl groups excluding tert-OH is 5. The van der Waals surface area contributed by atoms with Gasteiger partial charge in [0, 0.05) is 6.42 Å². The lowest BCUT2D eigenvalue weighted by molar-refractivity contribution is -0.302. The average Bonchev–Trinajstić information content (AvgIpc) is 3.31. The number of rotatable bonds is 38. The second kappa shape index (κ2) is 43.9. The van der Waals surface area contributed by atoms with Crippen molar-refractivity contribution in [1.82, 2.24) is 5.32 Å². The number of amides is 1. The molecule has 0 aromatic rings. The number of hydrogen-bond donors (Lipinski definition) is 6. The van der Waals surface area contributed by atoms with Crippen molar-refractivity contribution in [3.8, 4) is 0 Å². The second-order valence-electron chi connectivity index (χ2n) is 16.2. The van der Waals surface area contributed by atoms with E-state index in [2.05, 4.69) is 153 Å². The molecule has 65 heavy (non-hydrogen) atoms. The summed E-state index contributed by atoms with van der Waals surface area (Å²) in [5.74, 6) is -0.225. The first-order chi connectivity index (χ1) is 31.8. The highest BCUT2D eigenvalue weighted by molar-refractivity contribution is 5.76. The number of ether oxygens (including phenoxy) is 2. The van der Waals surface area contributed by atoms with E-state index in [4.69, 9.17) is 9.47 Å². The normalized spacial score (nSPS) is 21.2. The van der Waals surface area contributed by atoms with Crippen LogP contribution in [0, 0.1) is 0 Å². The van der Waals surface area contributed by atoms with Crippen molar-refractivity contribution >= 4 is 5.91 Å². The van der Waals surface area contributed by atoms with Crippen molar-refractivity contribution in [2.45, 2.75) is 185 Å². The minimum absolute atomic E-state index is 0.223. The molecule has 1 fully saturated rings. The van der Waals surface area contributed by atoms with Crippen LogP contribution in [0.1, 0.15) is 142 Å². The maximum absolute atomic E-state index is 12.9. The van der Waals surface area contributed by atoms with E-state index >= 15 is 0 Å². The Morgan fingerprint density at radius 2 is 0.969 bits per heavy atom. The summed E-state index contributed by atoms with van der Waals surface area (Å²) in [5.41, 5.74) is 0. The van der Waals surface area contributed by atoms with Gasteiger partial charge < -0.3 is 40.3 Å². The summed E-state index contributed by atoms with van der Waals surface area (Å²) in [7, 11) is 0. The topological polar surface area (TPSA) is 149 Å². The molecule has 1 aliphatic rings. The molecule has 1 rings (SSSR count). The van der Waals surface area contributed by atoms with Gasteiger partial charge in [0.2, 0.25) is 5.91 Å². The highest BCUT2D eigenvalue weighted by Gasteiger charge is 2.44. The van der Waals surface area contributed by atoms with Crippen molar-refractivity contribution in [2.75, 3.05) is 13.2 Å². The van der Waals surface area contributed by atoms with Gasteiger partial charge in [-0.15, -0.1) is 0 Å². The predicted octanol–water partition coefficient (Wildman–Crippen LogP) is 11.2. The van der Waals surface area contributed by atoms with Crippen LogP contribution in [0.25, 0.3) is 0 Å². The van der Waals surface area contributed by atoms with Gasteiger partial charge in [0.05, 0.1) is 25.4 Å². The van der Waals surface area contributed by atoms with Crippen LogP contribution in [0.2, 0.25) is 0 Å². The molecule has 0 spiro atoms. The van der Waals surface area contributed by atoms with Gasteiger partial charge in [0.1, 0.15) is 24.4 Å². The average molecular weight is 902 g/mol. The lowest BCUT2D eigenvalue weighted by atomic mass is 9.99. The van der Waals surface area contributed by atoms with E-state index in [0.717, 1.165) is 116 Å². The zero-order valence-electron chi connectivity index (χ0n) is 39.9. The Hall–Kier alpha value is -3.93. The van der Waals surface area contributed by atoms with Gasteiger partial charge in [-0.25, -0.2) is 0 Å². The Kier molecular flexibility index (Phi) is 39.9.